The number of nitrogens with two attached hydrogens (primary N) is 1. The summed E-state index contributed by atoms with van der Waals surface area (Å²) in [6, 6.07) is 1.77. The van der Waals surface area contributed by atoms with Gasteiger partial charge in [0.2, 0.25) is 5.95 Å². The van der Waals surface area contributed by atoms with Gasteiger partial charge in [-0.25, -0.2) is 4.98 Å². The highest BCUT2D eigenvalue weighted by Crippen LogP contribution is 2.05. The Balaban J connectivity index is 2.72. The van der Waals surface area contributed by atoms with Crippen LogP contribution in [0.2, 0.25) is 0 Å². The standard InChI is InChI=1S/C7H12N4O/c1-5-4-6(9-2-3-12)11-7(8)10-5/h4,12H,2-3H2,1H3,(H3,8,9,10,11). The van der Waals surface area contributed by atoms with Gasteiger partial charge in [0.25, 0.3) is 0 Å². The van der Waals surface area contributed by atoms with E-state index in [0.29, 0.717) is 12.4 Å². The summed E-state index contributed by atoms with van der Waals surface area (Å²) in [4.78, 5) is 7.82. The number of hydrogen-bond donors (Lipinski definition) is 3. The van der Waals surface area contributed by atoms with Gasteiger partial charge in [0.15, 0.2) is 0 Å². The molecule has 0 atom stereocenters. The van der Waals surface area contributed by atoms with Crippen molar-refractivity contribution >= 4 is 11.8 Å². The van der Waals surface area contributed by atoms with Crippen LogP contribution in [0.4, 0.5) is 11.8 Å². The maximum absolute atomic E-state index is 8.53. The van der Waals surface area contributed by atoms with Crippen molar-refractivity contribution in [1.29, 1.82) is 0 Å². The normalized spacial score (nSPS) is 9.83. The second-order valence-corrected chi connectivity index (χ2v) is 2.40. The van der Waals surface area contributed by atoms with Crippen LogP contribution in [0.25, 0.3) is 0 Å². The fraction of sp³-hybridized carbons (Fsp3) is 0.429. The van der Waals surface area contributed by atoms with Crippen molar-refractivity contribution in [2.24, 2.45) is 0 Å². The van der Waals surface area contributed by atoms with E-state index in [2.05, 4.69) is 15.3 Å². The minimum absolute atomic E-state index is 0.0724. The van der Waals surface area contributed by atoms with E-state index in [9.17, 15) is 0 Å². The average molecular weight is 168 g/mol. The van der Waals surface area contributed by atoms with E-state index in [0.717, 1.165) is 5.69 Å². The molecular formula is C7H12N4O. The van der Waals surface area contributed by atoms with E-state index in [1.54, 1.807) is 6.07 Å². The molecule has 5 nitrogen and oxygen atoms in total. The Kier molecular flexibility index (Phi) is 2.82. The topological polar surface area (TPSA) is 84.1 Å². The van der Waals surface area contributed by atoms with Gasteiger partial charge >= 0.3 is 0 Å². The Hall–Kier alpha value is -1.36. The molecule has 0 aromatic carbocycles. The monoisotopic (exact) mass is 168 g/mol. The van der Waals surface area contributed by atoms with Crippen LogP contribution in [0.3, 0.4) is 0 Å². The number of aryl methyl sites for hydroxylation is 1. The molecule has 0 fully saturated rings. The SMILES string of the molecule is Cc1cc(NCCO)nc(N)n1. The predicted molar refractivity (Wildman–Crippen MR) is 46.8 cm³/mol. The van der Waals surface area contributed by atoms with Crippen LogP contribution in [0.15, 0.2) is 6.07 Å². The summed E-state index contributed by atoms with van der Waals surface area (Å²) in [5.41, 5.74) is 6.21. The maximum Gasteiger partial charge on any atom is 0.222 e. The predicted octanol–water partition coefficient (Wildman–Crippen LogP) is -0.229. The minimum atomic E-state index is 0.0724. The number of anilines is 2. The van der Waals surface area contributed by atoms with Crippen molar-refractivity contribution in [3.05, 3.63) is 11.8 Å². The summed E-state index contributed by atoms with van der Waals surface area (Å²) in [6.07, 6.45) is 0. The Labute approximate surface area is 70.6 Å². The molecule has 1 rings (SSSR count). The zero-order valence-corrected chi connectivity index (χ0v) is 6.91. The highest BCUT2D eigenvalue weighted by atomic mass is 16.3. The molecule has 66 valence electrons. The van der Waals surface area contributed by atoms with Crippen molar-refractivity contribution in [3.63, 3.8) is 0 Å². The summed E-state index contributed by atoms with van der Waals surface area (Å²) in [7, 11) is 0. The number of nitrogen functional groups attached to an aromatic ring is 1. The number of aliphatic hydroxyl groups is 1. The molecule has 0 aliphatic carbocycles. The van der Waals surface area contributed by atoms with Crippen LogP contribution in [-0.2, 0) is 0 Å². The number of nitrogens with zero attached hydrogens (tertiary/aromatic N) is 2. The van der Waals surface area contributed by atoms with Crippen LogP contribution in [0.5, 0.6) is 0 Å². The van der Waals surface area contributed by atoms with Crippen molar-refractivity contribution in [3.8, 4) is 0 Å². The van der Waals surface area contributed by atoms with Crippen molar-refractivity contribution in [1.82, 2.24) is 9.97 Å². The first-order valence-electron chi connectivity index (χ1n) is 3.68. The lowest BCUT2D eigenvalue weighted by Crippen LogP contribution is -2.09. The molecule has 5 heteroatoms. The Bertz CT molecular complexity index is 243. The fourth-order valence-corrected chi connectivity index (χ4v) is 0.866. The van der Waals surface area contributed by atoms with Crippen LogP contribution < -0.4 is 11.1 Å². The molecule has 1 heterocycles. The summed E-state index contributed by atoms with van der Waals surface area (Å²) in [6.45, 7) is 2.38. The lowest BCUT2D eigenvalue weighted by molar-refractivity contribution is 0.311. The van der Waals surface area contributed by atoms with E-state index in [4.69, 9.17) is 10.8 Å². The van der Waals surface area contributed by atoms with Crippen LogP contribution in [-0.4, -0.2) is 28.2 Å². The highest BCUT2D eigenvalue weighted by Gasteiger charge is 1.96. The first-order valence-corrected chi connectivity index (χ1v) is 3.68. The quantitative estimate of drug-likeness (QED) is 0.580. The smallest absolute Gasteiger partial charge is 0.222 e. The molecule has 4 N–H and O–H groups in total. The summed E-state index contributed by atoms with van der Waals surface area (Å²) >= 11 is 0. The Morgan fingerprint density at radius 3 is 2.92 bits per heavy atom. The average Bonchev–Trinajstić information content (AvgIpc) is 1.99. The van der Waals surface area contributed by atoms with Gasteiger partial charge in [0.05, 0.1) is 6.61 Å². The van der Waals surface area contributed by atoms with Crippen molar-refractivity contribution < 1.29 is 5.11 Å². The minimum Gasteiger partial charge on any atom is -0.395 e. The van der Waals surface area contributed by atoms with E-state index in [1.807, 2.05) is 6.92 Å². The first-order chi connectivity index (χ1) is 5.72. The molecule has 12 heavy (non-hydrogen) atoms. The molecular weight excluding hydrogens is 156 g/mol. The van der Waals surface area contributed by atoms with E-state index < -0.39 is 0 Å². The van der Waals surface area contributed by atoms with Crippen LogP contribution >= 0.6 is 0 Å². The maximum atomic E-state index is 8.53. The zero-order chi connectivity index (χ0) is 8.97. The molecule has 0 radical (unpaired) electrons. The third kappa shape index (κ3) is 2.35. The van der Waals surface area contributed by atoms with Gasteiger partial charge < -0.3 is 16.2 Å². The molecule has 0 saturated heterocycles. The van der Waals surface area contributed by atoms with Gasteiger partial charge in [0, 0.05) is 18.3 Å². The molecule has 0 spiro atoms. The van der Waals surface area contributed by atoms with E-state index in [-0.39, 0.29) is 12.6 Å². The number of rotatable bonds is 3. The van der Waals surface area contributed by atoms with Gasteiger partial charge in [-0.15, -0.1) is 0 Å². The van der Waals surface area contributed by atoms with Gasteiger partial charge in [-0.3, -0.25) is 0 Å². The lowest BCUT2D eigenvalue weighted by atomic mass is 10.4. The first kappa shape index (κ1) is 8.73. The fourth-order valence-electron chi connectivity index (χ4n) is 0.866. The largest absolute Gasteiger partial charge is 0.395 e. The van der Waals surface area contributed by atoms with Crippen LogP contribution in [0.1, 0.15) is 5.69 Å². The third-order valence-corrected chi connectivity index (χ3v) is 1.29. The summed E-state index contributed by atoms with van der Waals surface area (Å²) < 4.78 is 0. The van der Waals surface area contributed by atoms with E-state index >= 15 is 0 Å². The second-order valence-electron chi connectivity index (χ2n) is 2.40. The molecule has 1 aromatic heterocycles. The Morgan fingerprint density at radius 2 is 2.33 bits per heavy atom. The summed E-state index contributed by atoms with van der Waals surface area (Å²) in [5, 5.41) is 11.4. The van der Waals surface area contributed by atoms with Crippen molar-refractivity contribution in [2.45, 2.75) is 6.92 Å². The molecule has 0 saturated carbocycles. The van der Waals surface area contributed by atoms with Crippen molar-refractivity contribution in [2.75, 3.05) is 24.2 Å². The van der Waals surface area contributed by atoms with Gasteiger partial charge in [-0.05, 0) is 6.92 Å². The molecule has 0 amide bonds. The second kappa shape index (κ2) is 3.87. The number of hydrogen-bond acceptors (Lipinski definition) is 5. The molecule has 1 aromatic rings. The zero-order valence-electron chi connectivity index (χ0n) is 6.91. The van der Waals surface area contributed by atoms with Gasteiger partial charge in [0.1, 0.15) is 5.82 Å². The molecule has 0 bridgehead atoms. The number of nitrogens with one attached hydrogen (secondary N) is 1. The Morgan fingerprint density at radius 1 is 1.58 bits per heavy atom. The van der Waals surface area contributed by atoms with Gasteiger partial charge in [-0.1, -0.05) is 0 Å². The van der Waals surface area contributed by atoms with Crippen LogP contribution in [0, 0.1) is 6.92 Å². The van der Waals surface area contributed by atoms with Gasteiger partial charge in [-0.2, -0.15) is 4.98 Å². The molecule has 0 aliphatic rings. The molecule has 0 unspecified atom stereocenters. The highest BCUT2D eigenvalue weighted by molar-refractivity contribution is 5.39. The molecule has 0 aliphatic heterocycles. The third-order valence-electron chi connectivity index (χ3n) is 1.29. The lowest BCUT2D eigenvalue weighted by Gasteiger charge is -2.04. The number of aromatic nitrogens is 2. The van der Waals surface area contributed by atoms with E-state index in [1.165, 1.54) is 0 Å². The number of aliphatic hydroxyl groups excluding tert-OH is 1. The summed E-state index contributed by atoms with van der Waals surface area (Å²) in [5.74, 6) is 0.893.